The molecule has 1 heterocycles. The molecule has 1 N–H and O–H groups in total. The zero-order valence-corrected chi connectivity index (χ0v) is 13.4. The van der Waals surface area contributed by atoms with Gasteiger partial charge in [0, 0.05) is 6.42 Å². The van der Waals surface area contributed by atoms with Gasteiger partial charge in [0.15, 0.2) is 11.0 Å². The van der Waals surface area contributed by atoms with Gasteiger partial charge in [0.1, 0.15) is 6.54 Å². The van der Waals surface area contributed by atoms with E-state index in [1.807, 2.05) is 51.6 Å². The maximum atomic E-state index is 10.9. The lowest BCUT2D eigenvalue weighted by molar-refractivity contribution is -0.676. The van der Waals surface area contributed by atoms with Gasteiger partial charge in [-0.2, -0.15) is 8.42 Å². The Labute approximate surface area is 135 Å². The third-order valence-electron chi connectivity index (χ3n) is 3.67. The molecule has 1 aromatic heterocycles. The van der Waals surface area contributed by atoms with Gasteiger partial charge in [-0.3, -0.25) is 4.55 Å². The summed E-state index contributed by atoms with van der Waals surface area (Å²) in [5.41, 5.74) is 3.22. The average Bonchev–Trinajstić information content (AvgIpc) is 2.86. The number of para-hydroxylation sites is 2. The minimum absolute atomic E-state index is 0.244. The van der Waals surface area contributed by atoms with Gasteiger partial charge in [-0.1, -0.05) is 42.5 Å². The number of fused-ring (bicyclic) bond motifs is 1. The molecule has 0 unspecified atom stereocenters. The molecule has 0 aliphatic heterocycles. The van der Waals surface area contributed by atoms with E-state index in [-0.39, 0.29) is 5.75 Å². The Bertz CT molecular complexity index is 902. The second-order valence-electron chi connectivity index (χ2n) is 5.45. The fourth-order valence-electron chi connectivity index (χ4n) is 2.64. The van der Waals surface area contributed by atoms with Crippen LogP contribution in [-0.4, -0.2) is 23.3 Å². The summed E-state index contributed by atoms with van der Waals surface area (Å²) in [4.78, 5) is 0. The maximum Gasteiger partial charge on any atom is 0.374 e. The summed E-state index contributed by atoms with van der Waals surface area (Å²) in [5, 5.41) is 0. The fourth-order valence-corrected chi connectivity index (χ4v) is 3.13. The summed E-state index contributed by atoms with van der Waals surface area (Å²) in [7, 11) is -3.92. The molecule has 0 amide bonds. The lowest BCUT2D eigenvalue weighted by Crippen LogP contribution is -2.33. The van der Waals surface area contributed by atoms with Gasteiger partial charge < -0.3 is 0 Å². The van der Waals surface area contributed by atoms with E-state index >= 15 is 0 Å². The van der Waals surface area contributed by atoms with Gasteiger partial charge >= 0.3 is 6.33 Å². The molecular formula is C17H18N2O3S+. The van der Waals surface area contributed by atoms with Crippen LogP contribution in [0.3, 0.4) is 0 Å². The molecule has 5 nitrogen and oxygen atoms in total. The molecule has 1 radical (unpaired) electrons. The average molecular weight is 330 g/mol. The van der Waals surface area contributed by atoms with Gasteiger partial charge in [-0.25, -0.2) is 9.13 Å². The summed E-state index contributed by atoms with van der Waals surface area (Å²) >= 11 is 0. The van der Waals surface area contributed by atoms with Crippen LogP contribution < -0.4 is 4.57 Å². The Morgan fingerprint density at radius 2 is 1.74 bits per heavy atom. The molecule has 3 rings (SSSR count). The normalized spacial score (nSPS) is 11.9. The van der Waals surface area contributed by atoms with Crippen LogP contribution >= 0.6 is 0 Å². The number of hydrogen-bond acceptors (Lipinski definition) is 2. The molecule has 3 aromatic rings. The standard InChI is InChI=1S/C17H18N2O3S/c20-23(21,22)12-6-11-18-14-19(13-15-7-2-1-3-8-15)17-10-5-4-9-16(17)18/h1-5,7-10H,6,11-13H2,(H,20,21,22)/q+1. The first-order valence-corrected chi connectivity index (χ1v) is 9.03. The highest BCUT2D eigenvalue weighted by Gasteiger charge is 2.17. The fraction of sp³-hybridized carbons (Fsp3) is 0.235. The van der Waals surface area contributed by atoms with Crippen LogP contribution in [0.2, 0.25) is 0 Å². The van der Waals surface area contributed by atoms with Crippen molar-refractivity contribution in [3.63, 3.8) is 0 Å². The first-order valence-electron chi connectivity index (χ1n) is 7.42. The zero-order valence-electron chi connectivity index (χ0n) is 12.6. The second kappa shape index (κ2) is 6.52. The molecule has 0 saturated carbocycles. The Kier molecular flexibility index (Phi) is 4.45. The van der Waals surface area contributed by atoms with Gasteiger partial charge in [-0.15, -0.1) is 0 Å². The van der Waals surface area contributed by atoms with E-state index in [4.69, 9.17) is 4.55 Å². The number of hydrogen-bond donors (Lipinski definition) is 1. The zero-order chi connectivity index (χ0) is 16.3. The molecule has 0 aliphatic rings. The van der Waals surface area contributed by atoms with E-state index in [0.29, 0.717) is 19.5 Å². The summed E-state index contributed by atoms with van der Waals surface area (Å²) in [6.07, 6.45) is 3.63. The molecule has 0 spiro atoms. The molecular weight excluding hydrogens is 312 g/mol. The van der Waals surface area contributed by atoms with Gasteiger partial charge in [0.05, 0.1) is 12.3 Å². The Morgan fingerprint density at radius 3 is 2.48 bits per heavy atom. The lowest BCUT2D eigenvalue weighted by atomic mass is 10.2. The lowest BCUT2D eigenvalue weighted by Gasteiger charge is -1.97. The quantitative estimate of drug-likeness (QED) is 0.556. The van der Waals surface area contributed by atoms with Crippen molar-refractivity contribution in [1.82, 2.24) is 4.57 Å². The number of rotatable bonds is 6. The molecule has 6 heteroatoms. The maximum absolute atomic E-state index is 10.9. The van der Waals surface area contributed by atoms with Crippen LogP contribution in [0.1, 0.15) is 12.0 Å². The van der Waals surface area contributed by atoms with Crippen molar-refractivity contribution in [3.8, 4) is 0 Å². The number of benzene rings is 2. The first kappa shape index (κ1) is 15.7. The highest BCUT2D eigenvalue weighted by molar-refractivity contribution is 7.85. The van der Waals surface area contributed by atoms with E-state index < -0.39 is 10.1 Å². The number of aryl methyl sites for hydroxylation is 1. The van der Waals surface area contributed by atoms with Crippen molar-refractivity contribution >= 4 is 21.2 Å². The highest BCUT2D eigenvalue weighted by Crippen LogP contribution is 2.13. The van der Waals surface area contributed by atoms with Gasteiger partial charge in [0.25, 0.3) is 10.1 Å². The monoisotopic (exact) mass is 330 g/mol. The molecule has 23 heavy (non-hydrogen) atoms. The van der Waals surface area contributed by atoms with Crippen LogP contribution in [0, 0.1) is 6.33 Å². The largest absolute Gasteiger partial charge is 0.374 e. The Morgan fingerprint density at radius 1 is 1.04 bits per heavy atom. The second-order valence-corrected chi connectivity index (χ2v) is 7.02. The molecule has 0 atom stereocenters. The minimum atomic E-state index is -3.92. The third kappa shape index (κ3) is 3.97. The van der Waals surface area contributed by atoms with E-state index in [0.717, 1.165) is 11.0 Å². The molecule has 2 aromatic carbocycles. The summed E-state index contributed by atoms with van der Waals surface area (Å²) in [5.74, 6) is -0.244. The van der Waals surface area contributed by atoms with Crippen molar-refractivity contribution in [2.75, 3.05) is 5.75 Å². The van der Waals surface area contributed by atoms with Gasteiger partial charge in [-0.05, 0) is 17.7 Å². The third-order valence-corrected chi connectivity index (χ3v) is 4.48. The molecule has 0 bridgehead atoms. The predicted octanol–water partition coefficient (Wildman–Crippen LogP) is 2.06. The Balaban J connectivity index is 1.87. The van der Waals surface area contributed by atoms with Gasteiger partial charge in [0.2, 0.25) is 0 Å². The molecule has 119 valence electrons. The molecule has 0 saturated heterocycles. The van der Waals surface area contributed by atoms with Crippen LogP contribution in [0.5, 0.6) is 0 Å². The van der Waals surface area contributed by atoms with Crippen molar-refractivity contribution in [3.05, 3.63) is 66.5 Å². The predicted molar refractivity (Wildman–Crippen MR) is 87.5 cm³/mol. The summed E-state index contributed by atoms with van der Waals surface area (Å²) in [6, 6.07) is 18.0. The van der Waals surface area contributed by atoms with Crippen LogP contribution in [0.25, 0.3) is 11.0 Å². The smallest absolute Gasteiger partial charge is 0.286 e. The van der Waals surface area contributed by atoms with Crippen molar-refractivity contribution in [2.24, 2.45) is 0 Å². The van der Waals surface area contributed by atoms with Crippen molar-refractivity contribution in [1.29, 1.82) is 0 Å². The number of imidazole rings is 1. The van der Waals surface area contributed by atoms with Crippen LogP contribution in [-0.2, 0) is 23.2 Å². The number of aromatic nitrogens is 2. The van der Waals surface area contributed by atoms with E-state index in [1.54, 1.807) is 0 Å². The van der Waals surface area contributed by atoms with Crippen molar-refractivity contribution in [2.45, 2.75) is 19.5 Å². The minimum Gasteiger partial charge on any atom is -0.286 e. The topological polar surface area (TPSA) is 63.2 Å². The molecule has 0 fully saturated rings. The van der Waals surface area contributed by atoms with E-state index in [9.17, 15) is 8.42 Å². The van der Waals surface area contributed by atoms with E-state index in [2.05, 4.69) is 18.5 Å². The Hall–Kier alpha value is -2.18. The SMILES string of the molecule is O=S(=O)(O)CCC[n+]1[c]n(Cc2ccccc2)c2ccccc21. The summed E-state index contributed by atoms with van der Waals surface area (Å²) in [6.45, 7) is 1.19. The van der Waals surface area contributed by atoms with Crippen molar-refractivity contribution < 1.29 is 17.5 Å². The summed E-state index contributed by atoms with van der Waals surface area (Å²) < 4.78 is 34.5. The highest BCUT2D eigenvalue weighted by atomic mass is 32.2. The van der Waals surface area contributed by atoms with E-state index in [1.165, 1.54) is 5.56 Å². The molecule has 0 aliphatic carbocycles. The van der Waals surface area contributed by atoms with Crippen LogP contribution in [0.4, 0.5) is 0 Å². The number of nitrogens with zero attached hydrogens (tertiary/aromatic N) is 2. The van der Waals surface area contributed by atoms with Crippen LogP contribution in [0.15, 0.2) is 54.6 Å². The first-order chi connectivity index (χ1) is 11.0.